The number of para-hydroxylation sites is 1. The Balaban J connectivity index is 2.26. The molecule has 1 atom stereocenters. The molecule has 3 heteroatoms. The number of rotatable bonds is 7. The smallest absolute Gasteiger partial charge is 0.302 e. The van der Waals surface area contributed by atoms with Gasteiger partial charge in [-0.15, -0.1) is 0 Å². The van der Waals surface area contributed by atoms with Crippen LogP contribution < -0.4 is 4.74 Å². The minimum Gasteiger partial charge on any atom is -0.488 e. The van der Waals surface area contributed by atoms with E-state index in [0.29, 0.717) is 19.1 Å². The van der Waals surface area contributed by atoms with Crippen LogP contribution in [-0.2, 0) is 16.1 Å². The standard InChI is InChI=1S/C21H26O3/c1-15(2)19-11-8-12-20(16(3)13-23-17(4)22)21(19)24-14-18-9-6-5-7-10-18/h5-12,15-16H,13-14H2,1-4H3/t16-/m0/s1. The van der Waals surface area contributed by atoms with E-state index in [1.54, 1.807) is 0 Å². The molecule has 0 unspecified atom stereocenters. The summed E-state index contributed by atoms with van der Waals surface area (Å²) in [6, 6.07) is 16.3. The molecule has 24 heavy (non-hydrogen) atoms. The van der Waals surface area contributed by atoms with E-state index in [2.05, 4.69) is 45.0 Å². The lowest BCUT2D eigenvalue weighted by Crippen LogP contribution is -2.11. The first kappa shape index (κ1) is 18.1. The quantitative estimate of drug-likeness (QED) is 0.667. The zero-order valence-corrected chi connectivity index (χ0v) is 14.9. The van der Waals surface area contributed by atoms with E-state index in [4.69, 9.17) is 9.47 Å². The first-order valence-electron chi connectivity index (χ1n) is 8.42. The maximum atomic E-state index is 11.1. The molecule has 0 saturated heterocycles. The molecular weight excluding hydrogens is 300 g/mol. The van der Waals surface area contributed by atoms with Crippen molar-refractivity contribution in [1.29, 1.82) is 0 Å². The van der Waals surface area contributed by atoms with Gasteiger partial charge < -0.3 is 9.47 Å². The van der Waals surface area contributed by atoms with Crippen LogP contribution in [0.4, 0.5) is 0 Å². The van der Waals surface area contributed by atoms with Crippen LogP contribution in [0.5, 0.6) is 5.75 Å². The number of hydrogen-bond acceptors (Lipinski definition) is 3. The fraction of sp³-hybridized carbons (Fsp3) is 0.381. The molecule has 0 aliphatic heterocycles. The predicted molar refractivity (Wildman–Crippen MR) is 96.4 cm³/mol. The first-order chi connectivity index (χ1) is 11.5. The zero-order valence-electron chi connectivity index (χ0n) is 14.9. The number of hydrogen-bond donors (Lipinski definition) is 0. The predicted octanol–water partition coefficient (Wildman–Crippen LogP) is 5.06. The van der Waals surface area contributed by atoms with Gasteiger partial charge in [0.05, 0.1) is 6.61 Å². The maximum absolute atomic E-state index is 11.1. The SMILES string of the molecule is CC(=O)OC[C@H](C)c1cccc(C(C)C)c1OCc1ccccc1. The van der Waals surface area contributed by atoms with Crippen molar-refractivity contribution in [2.75, 3.05) is 6.61 Å². The van der Waals surface area contributed by atoms with E-state index in [9.17, 15) is 4.79 Å². The molecule has 0 N–H and O–H groups in total. The van der Waals surface area contributed by atoms with Crippen LogP contribution in [0, 0.1) is 0 Å². The summed E-state index contributed by atoms with van der Waals surface area (Å²) in [5.41, 5.74) is 3.39. The number of esters is 1. The summed E-state index contributed by atoms with van der Waals surface area (Å²) in [5, 5.41) is 0. The fourth-order valence-electron chi connectivity index (χ4n) is 2.64. The molecule has 2 aromatic carbocycles. The van der Waals surface area contributed by atoms with E-state index in [0.717, 1.165) is 16.9 Å². The Labute approximate surface area is 144 Å². The Morgan fingerprint density at radius 3 is 2.25 bits per heavy atom. The number of ether oxygens (including phenoxy) is 2. The van der Waals surface area contributed by atoms with Gasteiger partial charge in [0.15, 0.2) is 0 Å². The minimum atomic E-state index is -0.256. The molecule has 0 aromatic heterocycles. The Morgan fingerprint density at radius 1 is 0.958 bits per heavy atom. The molecule has 0 aliphatic carbocycles. The van der Waals surface area contributed by atoms with Gasteiger partial charge in [0, 0.05) is 18.4 Å². The van der Waals surface area contributed by atoms with Crippen LogP contribution in [0.3, 0.4) is 0 Å². The summed E-state index contributed by atoms with van der Waals surface area (Å²) >= 11 is 0. The van der Waals surface area contributed by atoms with Gasteiger partial charge in [0.25, 0.3) is 0 Å². The second-order valence-corrected chi connectivity index (χ2v) is 6.40. The second-order valence-electron chi connectivity index (χ2n) is 6.40. The van der Waals surface area contributed by atoms with Crippen molar-refractivity contribution in [3.8, 4) is 5.75 Å². The largest absolute Gasteiger partial charge is 0.488 e. The van der Waals surface area contributed by atoms with Gasteiger partial charge >= 0.3 is 5.97 Å². The molecule has 0 heterocycles. The summed E-state index contributed by atoms with van der Waals surface area (Å²) in [6.45, 7) is 8.69. The molecule has 2 rings (SSSR count). The highest BCUT2D eigenvalue weighted by atomic mass is 16.5. The molecule has 0 spiro atoms. The van der Waals surface area contributed by atoms with Crippen molar-refractivity contribution < 1.29 is 14.3 Å². The van der Waals surface area contributed by atoms with E-state index in [-0.39, 0.29) is 11.9 Å². The van der Waals surface area contributed by atoms with Crippen LogP contribution in [-0.4, -0.2) is 12.6 Å². The molecule has 128 valence electrons. The summed E-state index contributed by atoms with van der Waals surface area (Å²) in [6.07, 6.45) is 0. The first-order valence-corrected chi connectivity index (χ1v) is 8.42. The van der Waals surface area contributed by atoms with Crippen molar-refractivity contribution in [1.82, 2.24) is 0 Å². The van der Waals surface area contributed by atoms with Crippen molar-refractivity contribution in [3.63, 3.8) is 0 Å². The third-order valence-electron chi connectivity index (χ3n) is 3.99. The summed E-state index contributed by atoms with van der Waals surface area (Å²) in [5.74, 6) is 1.10. The Kier molecular flexibility index (Phi) is 6.42. The molecular formula is C21H26O3. The van der Waals surface area contributed by atoms with Crippen molar-refractivity contribution >= 4 is 5.97 Å². The van der Waals surface area contributed by atoms with Crippen LogP contribution >= 0.6 is 0 Å². The maximum Gasteiger partial charge on any atom is 0.302 e. The number of carbonyl (C=O) groups is 1. The Morgan fingerprint density at radius 2 is 1.62 bits per heavy atom. The van der Waals surface area contributed by atoms with Crippen molar-refractivity contribution in [2.24, 2.45) is 0 Å². The third kappa shape index (κ3) is 4.85. The topological polar surface area (TPSA) is 35.5 Å². The van der Waals surface area contributed by atoms with Gasteiger partial charge in [-0.25, -0.2) is 0 Å². The lowest BCUT2D eigenvalue weighted by molar-refractivity contribution is -0.141. The van der Waals surface area contributed by atoms with E-state index in [1.807, 2.05) is 24.3 Å². The zero-order chi connectivity index (χ0) is 17.5. The van der Waals surface area contributed by atoms with Gasteiger partial charge in [-0.05, 0) is 17.0 Å². The summed E-state index contributed by atoms with van der Waals surface area (Å²) < 4.78 is 11.4. The molecule has 0 radical (unpaired) electrons. The van der Waals surface area contributed by atoms with Crippen LogP contribution in [0.1, 0.15) is 56.2 Å². The average Bonchev–Trinajstić information content (AvgIpc) is 2.58. The highest BCUT2D eigenvalue weighted by molar-refractivity contribution is 5.66. The van der Waals surface area contributed by atoms with Crippen molar-refractivity contribution in [2.45, 2.75) is 46.1 Å². The lowest BCUT2D eigenvalue weighted by Gasteiger charge is -2.21. The van der Waals surface area contributed by atoms with Crippen LogP contribution in [0.15, 0.2) is 48.5 Å². The molecule has 2 aromatic rings. The number of benzene rings is 2. The van der Waals surface area contributed by atoms with Crippen LogP contribution in [0.2, 0.25) is 0 Å². The molecule has 0 aliphatic rings. The molecule has 0 fully saturated rings. The molecule has 0 saturated carbocycles. The van der Waals surface area contributed by atoms with Gasteiger partial charge in [-0.1, -0.05) is 69.3 Å². The summed E-state index contributed by atoms with van der Waals surface area (Å²) in [4.78, 5) is 11.1. The average molecular weight is 326 g/mol. The lowest BCUT2D eigenvalue weighted by atomic mass is 9.93. The highest BCUT2D eigenvalue weighted by Crippen LogP contribution is 2.35. The highest BCUT2D eigenvalue weighted by Gasteiger charge is 2.18. The van der Waals surface area contributed by atoms with E-state index in [1.165, 1.54) is 12.5 Å². The Bertz CT molecular complexity index is 662. The van der Waals surface area contributed by atoms with Gasteiger partial charge in [0.1, 0.15) is 12.4 Å². The van der Waals surface area contributed by atoms with E-state index < -0.39 is 0 Å². The third-order valence-corrected chi connectivity index (χ3v) is 3.99. The van der Waals surface area contributed by atoms with Crippen LogP contribution in [0.25, 0.3) is 0 Å². The summed E-state index contributed by atoms with van der Waals surface area (Å²) in [7, 11) is 0. The minimum absolute atomic E-state index is 0.0818. The monoisotopic (exact) mass is 326 g/mol. The fourth-order valence-corrected chi connectivity index (χ4v) is 2.64. The Hall–Kier alpha value is -2.29. The second kappa shape index (κ2) is 8.53. The van der Waals surface area contributed by atoms with Gasteiger partial charge in [-0.3, -0.25) is 4.79 Å². The van der Waals surface area contributed by atoms with Crippen molar-refractivity contribution in [3.05, 3.63) is 65.2 Å². The molecule has 0 amide bonds. The number of carbonyl (C=O) groups excluding carboxylic acids is 1. The van der Waals surface area contributed by atoms with E-state index >= 15 is 0 Å². The normalized spacial score (nSPS) is 12.0. The molecule has 0 bridgehead atoms. The van der Waals surface area contributed by atoms with Gasteiger partial charge in [-0.2, -0.15) is 0 Å². The van der Waals surface area contributed by atoms with Gasteiger partial charge in [0.2, 0.25) is 0 Å². The molecule has 3 nitrogen and oxygen atoms in total.